The molecule has 2 unspecified atom stereocenters. The number of nitrogens with zero attached hydrogens (tertiary/aromatic N) is 1. The first kappa shape index (κ1) is 16.5. The third-order valence-electron chi connectivity index (χ3n) is 4.53. The van der Waals surface area contributed by atoms with E-state index in [2.05, 4.69) is 47.5 Å². The second-order valence-electron chi connectivity index (χ2n) is 6.13. The summed E-state index contributed by atoms with van der Waals surface area (Å²) in [6, 6.07) is 11.2. The maximum Gasteiger partial charge on any atom is 0.0434 e. The van der Waals surface area contributed by atoms with Crippen molar-refractivity contribution in [3.63, 3.8) is 0 Å². The van der Waals surface area contributed by atoms with Crippen LogP contribution < -0.4 is 5.32 Å². The Hall–Kier alpha value is -0.900. The molecule has 0 amide bonds. The van der Waals surface area contributed by atoms with Gasteiger partial charge in [0.1, 0.15) is 0 Å². The topological polar surface area (TPSA) is 35.5 Å². The maximum atomic E-state index is 9.11. The van der Waals surface area contributed by atoms with E-state index in [-0.39, 0.29) is 0 Å². The van der Waals surface area contributed by atoms with Crippen molar-refractivity contribution in [1.29, 1.82) is 0 Å². The number of likely N-dealkylation sites (tertiary alicyclic amines) is 1. The number of rotatable bonds is 8. The number of piperidine rings is 1. The largest absolute Gasteiger partial charge is 0.396 e. The lowest BCUT2D eigenvalue weighted by atomic mass is 9.94. The van der Waals surface area contributed by atoms with Crippen LogP contribution in [0.3, 0.4) is 0 Å². The van der Waals surface area contributed by atoms with Crippen LogP contribution in [0.2, 0.25) is 0 Å². The molecule has 1 saturated heterocycles. The Morgan fingerprint density at radius 1 is 1.33 bits per heavy atom. The van der Waals surface area contributed by atoms with Crippen molar-refractivity contribution in [2.45, 2.75) is 38.6 Å². The van der Waals surface area contributed by atoms with E-state index in [1.165, 1.54) is 24.9 Å². The third kappa shape index (κ3) is 5.42. The molecule has 0 aromatic heterocycles. The first-order valence-corrected chi connectivity index (χ1v) is 8.45. The lowest BCUT2D eigenvalue weighted by molar-refractivity contribution is 0.143. The Kier molecular flexibility index (Phi) is 7.20. The highest BCUT2D eigenvalue weighted by molar-refractivity contribution is 5.18. The van der Waals surface area contributed by atoms with Crippen molar-refractivity contribution in [3.8, 4) is 0 Å². The lowest BCUT2D eigenvalue weighted by Gasteiger charge is -2.33. The SMILES string of the molecule is CCNC(CCN1CCCC(CCO)C1)c1ccccc1. The molecular weight excluding hydrogens is 260 g/mol. The quantitative estimate of drug-likeness (QED) is 0.773. The molecule has 0 bridgehead atoms. The molecule has 1 fully saturated rings. The van der Waals surface area contributed by atoms with Crippen LogP contribution in [0.5, 0.6) is 0 Å². The summed E-state index contributed by atoms with van der Waals surface area (Å²) in [5.41, 5.74) is 1.39. The molecule has 1 heterocycles. The summed E-state index contributed by atoms with van der Waals surface area (Å²) in [6.07, 6.45) is 4.68. The van der Waals surface area contributed by atoms with E-state index in [0.29, 0.717) is 18.6 Å². The molecule has 118 valence electrons. The Bertz CT molecular complexity index is 380. The van der Waals surface area contributed by atoms with E-state index < -0.39 is 0 Å². The predicted octanol–water partition coefficient (Wildman–Crippen LogP) is 2.82. The van der Waals surface area contributed by atoms with E-state index in [9.17, 15) is 0 Å². The van der Waals surface area contributed by atoms with Gasteiger partial charge in [-0.05, 0) is 56.8 Å². The first-order valence-electron chi connectivity index (χ1n) is 8.45. The zero-order chi connectivity index (χ0) is 14.9. The lowest BCUT2D eigenvalue weighted by Crippen LogP contribution is -2.37. The zero-order valence-corrected chi connectivity index (χ0v) is 13.3. The molecule has 3 nitrogen and oxygen atoms in total. The van der Waals surface area contributed by atoms with Crippen LogP contribution in [0.15, 0.2) is 30.3 Å². The summed E-state index contributed by atoms with van der Waals surface area (Å²) in [6.45, 7) is 7.04. The minimum absolute atomic E-state index is 0.336. The van der Waals surface area contributed by atoms with Gasteiger partial charge < -0.3 is 15.3 Å². The van der Waals surface area contributed by atoms with Crippen LogP contribution in [0.25, 0.3) is 0 Å². The van der Waals surface area contributed by atoms with Gasteiger partial charge in [0.25, 0.3) is 0 Å². The van der Waals surface area contributed by atoms with Gasteiger partial charge in [-0.15, -0.1) is 0 Å². The molecule has 3 heteroatoms. The second-order valence-corrected chi connectivity index (χ2v) is 6.13. The standard InChI is InChI=1S/C18H30N2O/c1-2-19-18(17-8-4-3-5-9-17)10-13-20-12-6-7-16(15-20)11-14-21/h3-5,8-9,16,18-19,21H,2,6-7,10-15H2,1H3. The summed E-state index contributed by atoms with van der Waals surface area (Å²) >= 11 is 0. The van der Waals surface area contributed by atoms with Crippen LogP contribution >= 0.6 is 0 Å². The fourth-order valence-corrected chi connectivity index (χ4v) is 3.40. The van der Waals surface area contributed by atoms with Gasteiger partial charge in [-0.25, -0.2) is 0 Å². The van der Waals surface area contributed by atoms with Crippen molar-refractivity contribution in [1.82, 2.24) is 10.2 Å². The second kappa shape index (κ2) is 9.19. The van der Waals surface area contributed by atoms with Crippen molar-refractivity contribution in [3.05, 3.63) is 35.9 Å². The van der Waals surface area contributed by atoms with Crippen LogP contribution in [0.1, 0.15) is 44.2 Å². The van der Waals surface area contributed by atoms with Crippen LogP contribution in [-0.4, -0.2) is 42.8 Å². The summed E-state index contributed by atoms with van der Waals surface area (Å²) in [5.74, 6) is 0.693. The first-order chi connectivity index (χ1) is 10.3. The van der Waals surface area contributed by atoms with Gasteiger partial charge in [-0.3, -0.25) is 0 Å². The Morgan fingerprint density at radius 2 is 2.14 bits per heavy atom. The summed E-state index contributed by atoms with van der Waals surface area (Å²) in [4.78, 5) is 2.58. The van der Waals surface area contributed by atoms with Gasteiger partial charge in [0, 0.05) is 19.2 Å². The van der Waals surface area contributed by atoms with Gasteiger partial charge in [-0.2, -0.15) is 0 Å². The van der Waals surface area contributed by atoms with Crippen LogP contribution in [0, 0.1) is 5.92 Å². The third-order valence-corrected chi connectivity index (χ3v) is 4.53. The highest BCUT2D eigenvalue weighted by Gasteiger charge is 2.20. The van der Waals surface area contributed by atoms with Gasteiger partial charge in [-0.1, -0.05) is 37.3 Å². The van der Waals surface area contributed by atoms with Crippen LogP contribution in [0.4, 0.5) is 0 Å². The molecule has 2 rings (SSSR count). The predicted molar refractivity (Wildman–Crippen MR) is 88.3 cm³/mol. The van der Waals surface area contributed by atoms with Crippen molar-refractivity contribution >= 4 is 0 Å². The van der Waals surface area contributed by atoms with E-state index in [0.717, 1.165) is 32.5 Å². The molecule has 2 atom stereocenters. The summed E-state index contributed by atoms with van der Waals surface area (Å²) in [5, 5.41) is 12.7. The van der Waals surface area contributed by atoms with Crippen LogP contribution in [-0.2, 0) is 0 Å². The number of hydrogen-bond acceptors (Lipinski definition) is 3. The normalized spacial score (nSPS) is 21.3. The molecule has 0 saturated carbocycles. The van der Waals surface area contributed by atoms with E-state index in [1.54, 1.807) is 0 Å². The summed E-state index contributed by atoms with van der Waals surface area (Å²) in [7, 11) is 0. The highest BCUT2D eigenvalue weighted by Crippen LogP contribution is 2.22. The van der Waals surface area contributed by atoms with Crippen molar-refractivity contribution in [2.24, 2.45) is 5.92 Å². The summed E-state index contributed by atoms with van der Waals surface area (Å²) < 4.78 is 0. The van der Waals surface area contributed by atoms with Gasteiger partial charge in [0.05, 0.1) is 0 Å². The van der Waals surface area contributed by atoms with Gasteiger partial charge >= 0.3 is 0 Å². The fourth-order valence-electron chi connectivity index (χ4n) is 3.40. The van der Waals surface area contributed by atoms with Crippen molar-refractivity contribution < 1.29 is 5.11 Å². The Balaban J connectivity index is 1.84. The van der Waals surface area contributed by atoms with Crippen molar-refractivity contribution in [2.75, 3.05) is 32.8 Å². The molecule has 0 aliphatic carbocycles. The molecule has 1 aromatic carbocycles. The number of aliphatic hydroxyl groups is 1. The monoisotopic (exact) mass is 290 g/mol. The molecule has 1 aromatic rings. The maximum absolute atomic E-state index is 9.11. The molecular formula is C18H30N2O. The number of hydrogen-bond donors (Lipinski definition) is 2. The average Bonchev–Trinajstić information content (AvgIpc) is 2.53. The average molecular weight is 290 g/mol. The number of aliphatic hydroxyl groups excluding tert-OH is 1. The molecule has 0 spiro atoms. The number of benzene rings is 1. The molecule has 1 aliphatic heterocycles. The highest BCUT2D eigenvalue weighted by atomic mass is 16.3. The minimum Gasteiger partial charge on any atom is -0.396 e. The molecule has 2 N–H and O–H groups in total. The Morgan fingerprint density at radius 3 is 2.86 bits per heavy atom. The molecule has 21 heavy (non-hydrogen) atoms. The van der Waals surface area contributed by atoms with E-state index in [1.807, 2.05) is 0 Å². The van der Waals surface area contributed by atoms with Gasteiger partial charge in [0.15, 0.2) is 0 Å². The minimum atomic E-state index is 0.336. The Labute approximate surface area is 129 Å². The van der Waals surface area contributed by atoms with Gasteiger partial charge in [0.2, 0.25) is 0 Å². The molecule has 1 aliphatic rings. The number of nitrogens with one attached hydrogen (secondary N) is 1. The fraction of sp³-hybridized carbons (Fsp3) is 0.667. The van der Waals surface area contributed by atoms with E-state index in [4.69, 9.17) is 5.11 Å². The smallest absolute Gasteiger partial charge is 0.0434 e. The zero-order valence-electron chi connectivity index (χ0n) is 13.3. The molecule has 0 radical (unpaired) electrons. The van der Waals surface area contributed by atoms with E-state index >= 15 is 0 Å².